The molecule has 136 valence electrons. The molecule has 2 nitrogen and oxygen atoms in total. The quantitative estimate of drug-likeness (QED) is 0.345. The van der Waals surface area contributed by atoms with Gasteiger partial charge in [0.25, 0.3) is 0 Å². The van der Waals surface area contributed by atoms with Crippen LogP contribution < -0.4 is 5.73 Å². The predicted octanol–water partition coefficient (Wildman–Crippen LogP) is 5.39. The van der Waals surface area contributed by atoms with Gasteiger partial charge in [0.1, 0.15) is 0 Å². The number of hydrogen-bond donors (Lipinski definition) is 1. The van der Waals surface area contributed by atoms with E-state index in [-0.39, 0.29) is 0 Å². The van der Waals surface area contributed by atoms with Gasteiger partial charge < -0.3 is 0 Å². The van der Waals surface area contributed by atoms with Crippen LogP contribution in [0.5, 0.6) is 0 Å². The Labute approximate surface area is 169 Å². The molecule has 0 spiro atoms. The Balaban J connectivity index is 2.27. The number of carbonyl (C=O) groups is 1. The van der Waals surface area contributed by atoms with Gasteiger partial charge >= 0.3 is 0 Å². The molecule has 27 heavy (non-hydrogen) atoms. The number of alkyl halides is 2. The summed E-state index contributed by atoms with van der Waals surface area (Å²) in [7, 11) is 0. The molecule has 0 unspecified atom stereocenters. The van der Waals surface area contributed by atoms with Gasteiger partial charge in [-0.25, -0.2) is 0 Å². The van der Waals surface area contributed by atoms with Crippen LogP contribution in [-0.4, -0.2) is 10.2 Å². The molecule has 0 amide bonds. The summed E-state index contributed by atoms with van der Waals surface area (Å²) < 4.78 is -2.00. The molecule has 0 aliphatic heterocycles. The number of ketones is 1. The average molecular weight is 396 g/mol. The lowest BCUT2D eigenvalue weighted by Crippen LogP contribution is -2.38. The van der Waals surface area contributed by atoms with Crippen LogP contribution in [-0.2, 0) is 11.2 Å². The highest BCUT2D eigenvalue weighted by molar-refractivity contribution is 6.59. The lowest BCUT2D eigenvalue weighted by atomic mass is 9.87. The summed E-state index contributed by atoms with van der Waals surface area (Å²) in [6.07, 6.45) is 0.372. The molecular formula is C23H19Cl2NO. The number of Topliss-reactive ketones (excluding diaryl/α,β-unsaturated/α-hetero) is 1. The molecule has 0 aromatic heterocycles. The Bertz CT molecular complexity index is 889. The van der Waals surface area contributed by atoms with Gasteiger partial charge in [-0.05, 0) is 22.3 Å². The Hall–Kier alpha value is -2.39. The fraction of sp³-hybridized carbons (Fsp3) is 0.0870. The first kappa shape index (κ1) is 19.4. The molecule has 0 saturated heterocycles. The summed E-state index contributed by atoms with van der Waals surface area (Å²) in [5, 5.41) is 0. The molecule has 0 aliphatic carbocycles. The smallest absolute Gasteiger partial charge is 0.229 e. The summed E-state index contributed by atoms with van der Waals surface area (Å²) >= 11 is 12.0. The van der Waals surface area contributed by atoms with Crippen molar-refractivity contribution in [2.24, 2.45) is 5.73 Å². The minimum absolute atomic E-state index is 0.372. The maximum absolute atomic E-state index is 13.1. The third kappa shape index (κ3) is 4.86. The van der Waals surface area contributed by atoms with Crippen molar-refractivity contribution in [1.29, 1.82) is 0 Å². The Kier molecular flexibility index (Phi) is 6.12. The molecule has 3 rings (SSSR count). The summed E-state index contributed by atoms with van der Waals surface area (Å²) in [5.41, 5.74) is 9.81. The van der Waals surface area contributed by atoms with Crippen molar-refractivity contribution in [2.45, 2.75) is 10.9 Å². The van der Waals surface area contributed by atoms with Gasteiger partial charge in [-0.3, -0.25) is 10.5 Å². The summed E-state index contributed by atoms with van der Waals surface area (Å²) in [4.78, 5) is 13.1. The molecule has 0 saturated carbocycles. The van der Waals surface area contributed by atoms with Crippen LogP contribution in [0.1, 0.15) is 16.7 Å². The monoisotopic (exact) mass is 395 g/mol. The van der Waals surface area contributed by atoms with Crippen molar-refractivity contribution in [3.63, 3.8) is 0 Å². The molecule has 4 heteroatoms. The first-order chi connectivity index (χ1) is 13.0. The molecule has 2 N–H and O–H groups in total. The van der Waals surface area contributed by atoms with E-state index in [1.165, 1.54) is 0 Å². The zero-order valence-corrected chi connectivity index (χ0v) is 16.1. The second-order valence-electron chi connectivity index (χ2n) is 6.20. The SMILES string of the molecule is NC(Cl)(Cl)C(=O)C(Cc1ccccc1)=C(c1ccccc1)c1ccccc1. The lowest BCUT2D eigenvalue weighted by Gasteiger charge is -2.20. The van der Waals surface area contributed by atoms with Gasteiger partial charge in [0.15, 0.2) is 0 Å². The number of halogens is 2. The van der Waals surface area contributed by atoms with Gasteiger partial charge in [0.2, 0.25) is 10.2 Å². The first-order valence-electron chi connectivity index (χ1n) is 8.56. The standard InChI is InChI=1S/C23H19Cl2NO/c24-23(25,26)22(27)20(16-17-10-4-1-5-11-17)21(18-12-6-2-7-13-18)19-14-8-3-9-15-19/h1-15H,16,26H2. The van der Waals surface area contributed by atoms with Crippen LogP contribution in [0.2, 0.25) is 0 Å². The first-order valence-corrected chi connectivity index (χ1v) is 9.32. The Morgan fingerprint density at radius 1 is 0.741 bits per heavy atom. The molecule has 0 aliphatic rings. The summed E-state index contributed by atoms with van der Waals surface area (Å²) in [6.45, 7) is 0. The molecule has 0 radical (unpaired) electrons. The minimum Gasteiger partial charge on any atom is -0.293 e. The van der Waals surface area contributed by atoms with Gasteiger partial charge in [0, 0.05) is 12.0 Å². The zero-order chi connectivity index (χ0) is 19.3. The number of hydrogen-bond acceptors (Lipinski definition) is 2. The Morgan fingerprint density at radius 3 is 1.56 bits per heavy atom. The number of benzene rings is 3. The van der Waals surface area contributed by atoms with E-state index in [2.05, 4.69) is 0 Å². The molecule has 0 atom stereocenters. The van der Waals surface area contributed by atoms with E-state index < -0.39 is 10.2 Å². The van der Waals surface area contributed by atoms with Crippen LogP contribution in [0.3, 0.4) is 0 Å². The minimum atomic E-state index is -2.00. The van der Waals surface area contributed by atoms with Crippen LogP contribution >= 0.6 is 23.2 Å². The van der Waals surface area contributed by atoms with Gasteiger partial charge in [0.05, 0.1) is 0 Å². The van der Waals surface area contributed by atoms with Crippen LogP contribution in [0.15, 0.2) is 96.6 Å². The largest absolute Gasteiger partial charge is 0.293 e. The fourth-order valence-corrected chi connectivity index (χ4v) is 3.24. The van der Waals surface area contributed by atoms with Crippen molar-refractivity contribution in [3.05, 3.63) is 113 Å². The number of carbonyl (C=O) groups excluding carboxylic acids is 1. The van der Waals surface area contributed by atoms with Crippen molar-refractivity contribution < 1.29 is 4.79 Å². The van der Waals surface area contributed by atoms with E-state index in [4.69, 9.17) is 28.9 Å². The van der Waals surface area contributed by atoms with Gasteiger partial charge in [-0.1, -0.05) is 114 Å². The maximum Gasteiger partial charge on any atom is 0.229 e. The fourth-order valence-electron chi connectivity index (χ4n) is 3.01. The molecule has 0 fully saturated rings. The topological polar surface area (TPSA) is 43.1 Å². The van der Waals surface area contributed by atoms with E-state index >= 15 is 0 Å². The number of nitrogens with two attached hydrogens (primary N) is 1. The summed E-state index contributed by atoms with van der Waals surface area (Å²) in [6, 6.07) is 29.1. The third-order valence-electron chi connectivity index (χ3n) is 4.23. The van der Waals surface area contributed by atoms with E-state index in [0.29, 0.717) is 12.0 Å². The highest BCUT2D eigenvalue weighted by atomic mass is 35.5. The normalized spacial score (nSPS) is 11.1. The average Bonchev–Trinajstić information content (AvgIpc) is 2.69. The van der Waals surface area contributed by atoms with Crippen molar-refractivity contribution in [1.82, 2.24) is 0 Å². The second-order valence-corrected chi connectivity index (χ2v) is 7.59. The predicted molar refractivity (Wildman–Crippen MR) is 113 cm³/mol. The van der Waals surface area contributed by atoms with Gasteiger partial charge in [-0.15, -0.1) is 0 Å². The third-order valence-corrected chi connectivity index (χ3v) is 4.57. The molecular weight excluding hydrogens is 377 g/mol. The van der Waals surface area contributed by atoms with Gasteiger partial charge in [-0.2, -0.15) is 0 Å². The zero-order valence-electron chi connectivity index (χ0n) is 14.6. The highest BCUT2D eigenvalue weighted by Gasteiger charge is 2.33. The Morgan fingerprint density at radius 2 is 1.15 bits per heavy atom. The summed E-state index contributed by atoms with van der Waals surface area (Å²) in [5.74, 6) is -0.502. The molecule has 3 aromatic rings. The van der Waals surface area contributed by atoms with Crippen LogP contribution in [0, 0.1) is 0 Å². The second kappa shape index (κ2) is 8.53. The van der Waals surface area contributed by atoms with Crippen molar-refractivity contribution >= 4 is 34.6 Å². The maximum atomic E-state index is 13.1. The van der Waals surface area contributed by atoms with Crippen molar-refractivity contribution in [2.75, 3.05) is 0 Å². The molecule has 0 bridgehead atoms. The van der Waals surface area contributed by atoms with E-state index in [1.54, 1.807) is 0 Å². The van der Waals surface area contributed by atoms with E-state index in [9.17, 15) is 4.79 Å². The van der Waals surface area contributed by atoms with Crippen LogP contribution in [0.25, 0.3) is 5.57 Å². The molecule has 0 heterocycles. The highest BCUT2D eigenvalue weighted by Crippen LogP contribution is 2.32. The van der Waals surface area contributed by atoms with E-state index in [0.717, 1.165) is 22.3 Å². The van der Waals surface area contributed by atoms with Crippen molar-refractivity contribution in [3.8, 4) is 0 Å². The number of rotatable bonds is 6. The van der Waals surface area contributed by atoms with Crippen LogP contribution in [0.4, 0.5) is 0 Å². The molecule has 3 aromatic carbocycles. The lowest BCUT2D eigenvalue weighted by molar-refractivity contribution is -0.116. The van der Waals surface area contributed by atoms with E-state index in [1.807, 2.05) is 91.0 Å².